The quantitative estimate of drug-likeness (QED) is 0.320. The van der Waals surface area contributed by atoms with Gasteiger partial charge in [-0.15, -0.1) is 0 Å². The molecule has 0 spiro atoms. The van der Waals surface area contributed by atoms with Crippen LogP contribution >= 0.6 is 0 Å². The maximum Gasteiger partial charge on any atom is -0.0141 e. The average molecular weight is 355 g/mol. The molecular weight excluding hydrogens is 312 g/mol. The minimum absolute atomic E-state index is 0.226. The van der Waals surface area contributed by atoms with Crippen molar-refractivity contribution in [1.29, 1.82) is 0 Å². The van der Waals surface area contributed by atoms with Crippen LogP contribution in [0.5, 0.6) is 0 Å². The molecule has 2 saturated carbocycles. The molecule has 0 nitrogen and oxygen atoms in total. The Kier molecular flexibility index (Phi) is 6.81. The van der Waals surface area contributed by atoms with E-state index in [-0.39, 0.29) is 5.41 Å². The van der Waals surface area contributed by atoms with Crippen LogP contribution in [-0.4, -0.2) is 0 Å². The first-order valence-electron chi connectivity index (χ1n) is 10.9. The van der Waals surface area contributed by atoms with Gasteiger partial charge in [0, 0.05) is 0 Å². The normalized spacial score (nSPS) is 35.2. The highest BCUT2D eigenvalue weighted by atomic mass is 14.6. The first kappa shape index (κ1) is 21.3. The Morgan fingerprint density at radius 1 is 1.12 bits per heavy atom. The molecule has 2 aliphatic rings. The number of allylic oxidation sites excluding steroid dienone is 6. The Labute approximate surface area is 163 Å². The lowest BCUT2D eigenvalue weighted by atomic mass is 9.53. The molecule has 2 aliphatic carbocycles. The van der Waals surface area contributed by atoms with Gasteiger partial charge in [0.25, 0.3) is 0 Å². The summed E-state index contributed by atoms with van der Waals surface area (Å²) in [5, 5.41) is 0. The van der Waals surface area contributed by atoms with E-state index < -0.39 is 0 Å². The molecular formula is C26H42. The lowest BCUT2D eigenvalue weighted by Gasteiger charge is -2.52. The van der Waals surface area contributed by atoms with Crippen LogP contribution in [0, 0.1) is 34.5 Å². The molecule has 0 heterocycles. The fourth-order valence-electron chi connectivity index (χ4n) is 6.23. The molecule has 0 aromatic rings. The molecule has 0 N–H and O–H groups in total. The fourth-order valence-corrected chi connectivity index (χ4v) is 6.23. The van der Waals surface area contributed by atoms with E-state index in [4.69, 9.17) is 0 Å². The molecule has 0 heteroatoms. The van der Waals surface area contributed by atoms with Gasteiger partial charge in [0.1, 0.15) is 0 Å². The van der Waals surface area contributed by atoms with Crippen LogP contribution in [0.15, 0.2) is 48.6 Å². The zero-order chi connectivity index (χ0) is 19.5. The fraction of sp³-hybridized carbons (Fsp3) is 0.692. The van der Waals surface area contributed by atoms with Crippen LogP contribution in [-0.2, 0) is 0 Å². The average Bonchev–Trinajstić information content (AvgIpc) is 2.95. The molecule has 2 rings (SSSR count). The molecule has 0 radical (unpaired) electrons. The van der Waals surface area contributed by atoms with E-state index in [1.807, 2.05) is 0 Å². The molecule has 0 bridgehead atoms. The van der Waals surface area contributed by atoms with Crippen molar-refractivity contribution in [3.8, 4) is 0 Å². The molecule has 26 heavy (non-hydrogen) atoms. The number of hydrogen-bond acceptors (Lipinski definition) is 0. The third-order valence-corrected chi connectivity index (χ3v) is 7.87. The molecule has 0 aromatic carbocycles. The van der Waals surface area contributed by atoms with Crippen LogP contribution in [0.3, 0.4) is 0 Å². The van der Waals surface area contributed by atoms with Crippen molar-refractivity contribution in [3.63, 3.8) is 0 Å². The van der Waals surface area contributed by atoms with Crippen molar-refractivity contribution < 1.29 is 0 Å². The van der Waals surface area contributed by atoms with E-state index in [2.05, 4.69) is 79.0 Å². The summed E-state index contributed by atoms with van der Waals surface area (Å²) in [6.45, 7) is 23.0. The van der Waals surface area contributed by atoms with Crippen LogP contribution in [0.2, 0.25) is 0 Å². The highest BCUT2D eigenvalue weighted by Crippen LogP contribution is 2.62. The van der Waals surface area contributed by atoms with Gasteiger partial charge in [0.2, 0.25) is 0 Å². The monoisotopic (exact) mass is 354 g/mol. The lowest BCUT2D eigenvalue weighted by Crippen LogP contribution is -2.44. The molecule has 5 atom stereocenters. The van der Waals surface area contributed by atoms with E-state index in [9.17, 15) is 0 Å². The first-order chi connectivity index (χ1) is 12.2. The van der Waals surface area contributed by atoms with Crippen molar-refractivity contribution in [2.45, 2.75) is 80.1 Å². The van der Waals surface area contributed by atoms with Gasteiger partial charge in [0.05, 0.1) is 0 Å². The van der Waals surface area contributed by atoms with E-state index in [1.165, 1.54) is 31.3 Å². The Hall–Kier alpha value is -1.04. The molecule has 2 fully saturated rings. The smallest absolute Gasteiger partial charge is 0.0141 e. The van der Waals surface area contributed by atoms with E-state index in [0.717, 1.165) is 42.1 Å². The highest BCUT2D eigenvalue weighted by Gasteiger charge is 2.54. The highest BCUT2D eigenvalue weighted by molar-refractivity contribution is 5.28. The summed E-state index contributed by atoms with van der Waals surface area (Å²) in [6, 6.07) is 0. The van der Waals surface area contributed by atoms with Gasteiger partial charge in [0.15, 0.2) is 0 Å². The summed E-state index contributed by atoms with van der Waals surface area (Å²) < 4.78 is 0. The van der Waals surface area contributed by atoms with E-state index in [0.29, 0.717) is 5.41 Å². The number of hydrogen-bond donors (Lipinski definition) is 0. The standard InChI is InChI=1S/C26H42/c1-9-11-12-19(3)15-17-25(6,7)23-16-18-26(8)22(20(4)10-2)13-14-24(26)21(23)5/h11-12,15,17,21-24H,3-4,9-10,13-14,16,18H2,1-2,5-8H3/b12-11?,17-15-/t21?,22-,23?,24?,26-/m1/s1. The third-order valence-electron chi connectivity index (χ3n) is 7.87. The Morgan fingerprint density at radius 3 is 2.42 bits per heavy atom. The minimum Gasteiger partial charge on any atom is -0.0996 e. The molecule has 0 amide bonds. The van der Waals surface area contributed by atoms with Gasteiger partial charge in [-0.3, -0.25) is 0 Å². The van der Waals surface area contributed by atoms with Crippen LogP contribution in [0.4, 0.5) is 0 Å². The van der Waals surface area contributed by atoms with Gasteiger partial charge in [-0.25, -0.2) is 0 Å². The van der Waals surface area contributed by atoms with Crippen molar-refractivity contribution >= 4 is 0 Å². The molecule has 0 aromatic heterocycles. The Balaban J connectivity index is 2.14. The summed E-state index contributed by atoms with van der Waals surface area (Å²) in [5.41, 5.74) is 3.33. The van der Waals surface area contributed by atoms with Crippen LogP contribution in [0.25, 0.3) is 0 Å². The van der Waals surface area contributed by atoms with Crippen LogP contribution in [0.1, 0.15) is 80.1 Å². The predicted octanol–water partition coefficient (Wildman–Crippen LogP) is 8.14. The molecule has 3 unspecified atom stereocenters. The summed E-state index contributed by atoms with van der Waals surface area (Å²) in [7, 11) is 0. The second kappa shape index (κ2) is 8.32. The Morgan fingerprint density at radius 2 is 1.81 bits per heavy atom. The summed E-state index contributed by atoms with van der Waals surface area (Å²) in [4.78, 5) is 0. The van der Waals surface area contributed by atoms with Crippen molar-refractivity contribution in [2.75, 3.05) is 0 Å². The van der Waals surface area contributed by atoms with Crippen molar-refractivity contribution in [3.05, 3.63) is 48.6 Å². The zero-order valence-corrected chi connectivity index (χ0v) is 18.3. The second-order valence-electron chi connectivity index (χ2n) is 9.80. The summed E-state index contributed by atoms with van der Waals surface area (Å²) in [6.07, 6.45) is 16.7. The maximum absolute atomic E-state index is 4.43. The topological polar surface area (TPSA) is 0 Å². The van der Waals surface area contributed by atoms with Crippen molar-refractivity contribution in [1.82, 2.24) is 0 Å². The van der Waals surface area contributed by atoms with Gasteiger partial charge in [-0.1, -0.05) is 84.6 Å². The predicted molar refractivity (Wildman–Crippen MR) is 117 cm³/mol. The summed E-state index contributed by atoms with van der Waals surface area (Å²) >= 11 is 0. The largest absolute Gasteiger partial charge is 0.0996 e. The molecule has 0 aliphatic heterocycles. The second-order valence-corrected chi connectivity index (χ2v) is 9.80. The number of fused-ring (bicyclic) bond motifs is 1. The third kappa shape index (κ3) is 4.10. The van der Waals surface area contributed by atoms with Crippen LogP contribution < -0.4 is 0 Å². The van der Waals surface area contributed by atoms with Gasteiger partial charge < -0.3 is 0 Å². The van der Waals surface area contributed by atoms with Gasteiger partial charge in [-0.05, 0) is 78.6 Å². The van der Waals surface area contributed by atoms with E-state index >= 15 is 0 Å². The number of rotatable bonds is 7. The van der Waals surface area contributed by atoms with Gasteiger partial charge >= 0.3 is 0 Å². The zero-order valence-electron chi connectivity index (χ0n) is 18.3. The van der Waals surface area contributed by atoms with Gasteiger partial charge in [-0.2, -0.15) is 0 Å². The minimum atomic E-state index is 0.226. The molecule has 146 valence electrons. The Bertz CT molecular complexity index is 573. The summed E-state index contributed by atoms with van der Waals surface area (Å²) in [5.74, 6) is 3.14. The molecule has 0 saturated heterocycles. The maximum atomic E-state index is 4.43. The van der Waals surface area contributed by atoms with Crippen molar-refractivity contribution in [2.24, 2.45) is 34.5 Å². The lowest BCUT2D eigenvalue weighted by molar-refractivity contribution is -0.00562. The van der Waals surface area contributed by atoms with E-state index in [1.54, 1.807) is 0 Å². The SMILES string of the molecule is C=C(C=CCC)/C=C\C(C)(C)C1CC[C@@]2(C)C(CC[C@@H]2C(=C)CC)C1C. The first-order valence-corrected chi connectivity index (χ1v) is 10.9.